The lowest BCUT2D eigenvalue weighted by molar-refractivity contribution is 0.0559. The molecule has 0 N–H and O–H groups in total. The summed E-state index contributed by atoms with van der Waals surface area (Å²) in [6.45, 7) is 0. The van der Waals surface area contributed by atoms with E-state index in [-0.39, 0.29) is 5.89 Å². The number of hydrogen-bond acceptors (Lipinski definition) is 4. The Bertz CT molecular complexity index is 492. The average Bonchev–Trinajstić information content (AvgIpc) is 2.59. The van der Waals surface area contributed by atoms with Crippen LogP contribution in [0.25, 0.3) is 11.1 Å². The van der Waals surface area contributed by atoms with Crippen LogP contribution in [0.4, 0.5) is 0 Å². The highest BCUT2D eigenvalue weighted by molar-refractivity contribution is 9.10. The number of carbonyl (C=O) groups is 1. The second-order valence-electron chi connectivity index (χ2n) is 2.62. The lowest BCUT2D eigenvalue weighted by Gasteiger charge is -1.89. The van der Waals surface area contributed by atoms with Gasteiger partial charge in [0.25, 0.3) is 0 Å². The van der Waals surface area contributed by atoms with Crippen molar-refractivity contribution in [3.63, 3.8) is 0 Å². The fourth-order valence-corrected chi connectivity index (χ4v) is 1.41. The molecule has 0 fully saturated rings. The van der Waals surface area contributed by atoms with E-state index in [4.69, 9.17) is 4.42 Å². The van der Waals surface area contributed by atoms with Crippen molar-refractivity contribution < 1.29 is 13.9 Å². The number of esters is 1. The van der Waals surface area contributed by atoms with E-state index in [0.717, 1.165) is 4.47 Å². The number of fused-ring (bicyclic) bond motifs is 1. The zero-order chi connectivity index (χ0) is 10.1. The maximum atomic E-state index is 11.1. The number of ether oxygens (including phenoxy) is 1. The van der Waals surface area contributed by atoms with Gasteiger partial charge < -0.3 is 9.15 Å². The molecule has 0 saturated heterocycles. The standard InChI is InChI=1S/C9H6BrNO3/c1-13-9(12)8-11-6-3-2-5(10)4-7(6)14-8/h2-4H,1H3. The summed E-state index contributed by atoms with van der Waals surface area (Å²) in [7, 11) is 1.28. The number of methoxy groups -OCH3 is 1. The molecule has 2 aromatic rings. The number of oxazole rings is 1. The molecule has 0 atom stereocenters. The number of halogens is 1. The largest absolute Gasteiger partial charge is 0.462 e. The summed E-state index contributed by atoms with van der Waals surface area (Å²) in [5.74, 6) is -0.599. The highest BCUT2D eigenvalue weighted by Crippen LogP contribution is 2.20. The quantitative estimate of drug-likeness (QED) is 0.735. The molecule has 0 aliphatic rings. The Hall–Kier alpha value is -1.36. The van der Waals surface area contributed by atoms with Gasteiger partial charge in [0.05, 0.1) is 7.11 Å². The Morgan fingerprint density at radius 3 is 3.07 bits per heavy atom. The minimum Gasteiger partial charge on any atom is -0.462 e. The first kappa shape index (κ1) is 9.21. The SMILES string of the molecule is COC(=O)c1nc2ccc(Br)cc2o1. The first-order valence-electron chi connectivity index (χ1n) is 3.85. The van der Waals surface area contributed by atoms with Crippen LogP contribution < -0.4 is 0 Å². The highest BCUT2D eigenvalue weighted by atomic mass is 79.9. The van der Waals surface area contributed by atoms with E-state index in [2.05, 4.69) is 25.7 Å². The van der Waals surface area contributed by atoms with Gasteiger partial charge in [0.2, 0.25) is 0 Å². The van der Waals surface area contributed by atoms with E-state index >= 15 is 0 Å². The number of carbonyl (C=O) groups excluding carboxylic acids is 1. The smallest absolute Gasteiger partial charge is 0.394 e. The third-order valence-electron chi connectivity index (χ3n) is 1.71. The third kappa shape index (κ3) is 1.50. The van der Waals surface area contributed by atoms with Gasteiger partial charge in [0, 0.05) is 4.47 Å². The van der Waals surface area contributed by atoms with Gasteiger partial charge in [-0.25, -0.2) is 9.78 Å². The zero-order valence-corrected chi connectivity index (χ0v) is 8.87. The molecule has 5 heteroatoms. The Kier molecular flexibility index (Phi) is 2.25. The van der Waals surface area contributed by atoms with Crippen molar-refractivity contribution in [1.82, 2.24) is 4.98 Å². The monoisotopic (exact) mass is 255 g/mol. The molecule has 2 rings (SSSR count). The average molecular weight is 256 g/mol. The Labute approximate surface area is 88.0 Å². The molecule has 0 saturated carbocycles. The summed E-state index contributed by atoms with van der Waals surface area (Å²) in [6.07, 6.45) is 0. The molecule has 1 aromatic heterocycles. The third-order valence-corrected chi connectivity index (χ3v) is 2.20. The summed E-state index contributed by atoms with van der Waals surface area (Å²) in [5.41, 5.74) is 1.19. The molecule has 0 unspecified atom stereocenters. The van der Waals surface area contributed by atoms with Gasteiger partial charge in [-0.05, 0) is 18.2 Å². The topological polar surface area (TPSA) is 52.3 Å². The van der Waals surface area contributed by atoms with Gasteiger partial charge in [0.1, 0.15) is 5.52 Å². The molecule has 72 valence electrons. The zero-order valence-electron chi connectivity index (χ0n) is 7.28. The van der Waals surface area contributed by atoms with E-state index in [1.165, 1.54) is 7.11 Å². The van der Waals surface area contributed by atoms with Crippen LogP contribution >= 0.6 is 15.9 Å². The van der Waals surface area contributed by atoms with Gasteiger partial charge >= 0.3 is 11.9 Å². The fourth-order valence-electron chi connectivity index (χ4n) is 1.07. The minimum atomic E-state index is -0.572. The molecule has 1 aromatic carbocycles. The van der Waals surface area contributed by atoms with E-state index in [1.54, 1.807) is 12.1 Å². The lowest BCUT2D eigenvalue weighted by atomic mass is 10.3. The van der Waals surface area contributed by atoms with Crippen LogP contribution in [0.15, 0.2) is 27.1 Å². The van der Waals surface area contributed by atoms with Crippen LogP contribution in [0, 0.1) is 0 Å². The van der Waals surface area contributed by atoms with Crippen LogP contribution in [0.2, 0.25) is 0 Å². The van der Waals surface area contributed by atoms with Crippen LogP contribution in [0.3, 0.4) is 0 Å². The van der Waals surface area contributed by atoms with Crippen LogP contribution in [-0.4, -0.2) is 18.1 Å². The van der Waals surface area contributed by atoms with Gasteiger partial charge in [-0.15, -0.1) is 0 Å². The number of rotatable bonds is 1. The van der Waals surface area contributed by atoms with Crippen molar-refractivity contribution in [2.24, 2.45) is 0 Å². The van der Waals surface area contributed by atoms with Gasteiger partial charge in [-0.3, -0.25) is 0 Å². The van der Waals surface area contributed by atoms with Crippen LogP contribution in [0.5, 0.6) is 0 Å². The van der Waals surface area contributed by atoms with E-state index in [9.17, 15) is 4.79 Å². The molecule has 0 spiro atoms. The van der Waals surface area contributed by atoms with Crippen LogP contribution in [0.1, 0.15) is 10.7 Å². The number of nitrogens with zero attached hydrogens (tertiary/aromatic N) is 1. The molecular weight excluding hydrogens is 250 g/mol. The number of hydrogen-bond donors (Lipinski definition) is 0. The van der Waals surface area contributed by atoms with Gasteiger partial charge in [-0.1, -0.05) is 15.9 Å². The summed E-state index contributed by atoms with van der Waals surface area (Å²) in [4.78, 5) is 15.0. The van der Waals surface area contributed by atoms with Crippen LogP contribution in [-0.2, 0) is 4.74 Å². The molecule has 0 aliphatic carbocycles. The van der Waals surface area contributed by atoms with Gasteiger partial charge in [-0.2, -0.15) is 0 Å². The number of aromatic nitrogens is 1. The molecule has 0 amide bonds. The highest BCUT2D eigenvalue weighted by Gasteiger charge is 2.14. The summed E-state index contributed by atoms with van der Waals surface area (Å²) < 4.78 is 10.5. The Morgan fingerprint density at radius 1 is 1.57 bits per heavy atom. The molecule has 4 nitrogen and oxygen atoms in total. The van der Waals surface area contributed by atoms with Crippen molar-refractivity contribution in [2.45, 2.75) is 0 Å². The van der Waals surface area contributed by atoms with Crippen molar-refractivity contribution >= 4 is 33.0 Å². The fraction of sp³-hybridized carbons (Fsp3) is 0.111. The lowest BCUT2D eigenvalue weighted by Crippen LogP contribution is -2.00. The summed E-state index contributed by atoms with van der Waals surface area (Å²) in [6, 6.07) is 5.33. The predicted molar refractivity (Wildman–Crippen MR) is 53.0 cm³/mol. The molecule has 0 radical (unpaired) electrons. The van der Waals surface area contributed by atoms with Crippen molar-refractivity contribution in [3.05, 3.63) is 28.6 Å². The first-order valence-corrected chi connectivity index (χ1v) is 4.64. The number of benzene rings is 1. The molecule has 14 heavy (non-hydrogen) atoms. The maximum Gasteiger partial charge on any atom is 0.394 e. The van der Waals surface area contributed by atoms with Crippen molar-refractivity contribution in [3.8, 4) is 0 Å². The predicted octanol–water partition coefficient (Wildman–Crippen LogP) is 2.38. The molecule has 0 bridgehead atoms. The maximum absolute atomic E-state index is 11.1. The molecule has 0 aliphatic heterocycles. The second kappa shape index (κ2) is 3.42. The minimum absolute atomic E-state index is 0.0272. The second-order valence-corrected chi connectivity index (χ2v) is 3.54. The molecule has 1 heterocycles. The molecular formula is C9H6BrNO3. The van der Waals surface area contributed by atoms with E-state index < -0.39 is 5.97 Å². The normalized spacial score (nSPS) is 10.4. The van der Waals surface area contributed by atoms with E-state index in [0.29, 0.717) is 11.1 Å². The van der Waals surface area contributed by atoms with Crippen molar-refractivity contribution in [1.29, 1.82) is 0 Å². The summed E-state index contributed by atoms with van der Waals surface area (Å²) >= 11 is 3.29. The van der Waals surface area contributed by atoms with Gasteiger partial charge in [0.15, 0.2) is 5.58 Å². The first-order chi connectivity index (χ1) is 6.70. The Balaban J connectivity index is 2.56. The summed E-state index contributed by atoms with van der Waals surface area (Å²) in [5, 5.41) is 0. The van der Waals surface area contributed by atoms with E-state index in [1.807, 2.05) is 6.07 Å². The van der Waals surface area contributed by atoms with Crippen molar-refractivity contribution in [2.75, 3.05) is 7.11 Å². The Morgan fingerprint density at radius 2 is 2.36 bits per heavy atom.